The van der Waals surface area contributed by atoms with E-state index in [-0.39, 0.29) is 0 Å². The Balaban J connectivity index is 1.45. The standard InChI is InChI=1S/C26H31F2N5/c1-17-4-5-21(16-33-15-18(2)31-14-19(33)3)12-24(17)25-7-9-30-26(32-25)29-8-6-20-10-22(27)13-23(28)11-20/h4-5,7,9-13,18-19,31H,6,8,14-16H2,1-3H3,(H,29,30,32)/t18-,19-/m0/s1. The van der Waals surface area contributed by atoms with Gasteiger partial charge in [-0.05, 0) is 68.1 Å². The molecular weight excluding hydrogens is 420 g/mol. The van der Waals surface area contributed by atoms with Gasteiger partial charge in [0, 0.05) is 56.1 Å². The third-order valence-corrected chi connectivity index (χ3v) is 6.13. The van der Waals surface area contributed by atoms with E-state index in [0.717, 1.165) is 42.5 Å². The lowest BCUT2D eigenvalue weighted by molar-refractivity contribution is 0.139. The van der Waals surface area contributed by atoms with Crippen molar-refractivity contribution in [2.75, 3.05) is 25.0 Å². The first-order valence-electron chi connectivity index (χ1n) is 11.5. The van der Waals surface area contributed by atoms with Crippen LogP contribution in [0.2, 0.25) is 0 Å². The Morgan fingerprint density at radius 3 is 2.64 bits per heavy atom. The molecule has 0 aliphatic carbocycles. The average molecular weight is 452 g/mol. The molecule has 0 unspecified atom stereocenters. The highest BCUT2D eigenvalue weighted by molar-refractivity contribution is 5.65. The molecule has 1 aromatic heterocycles. The molecule has 5 nitrogen and oxygen atoms in total. The van der Waals surface area contributed by atoms with Gasteiger partial charge in [0.1, 0.15) is 11.6 Å². The molecule has 1 fully saturated rings. The van der Waals surface area contributed by atoms with Crippen LogP contribution in [0, 0.1) is 18.6 Å². The summed E-state index contributed by atoms with van der Waals surface area (Å²) in [6, 6.07) is 13.0. The zero-order valence-electron chi connectivity index (χ0n) is 19.4. The Hall–Kier alpha value is -2.90. The maximum Gasteiger partial charge on any atom is 0.223 e. The Labute approximate surface area is 194 Å². The van der Waals surface area contributed by atoms with Crippen LogP contribution >= 0.6 is 0 Å². The molecule has 2 aromatic carbocycles. The van der Waals surface area contributed by atoms with Crippen molar-refractivity contribution in [3.8, 4) is 11.3 Å². The first-order chi connectivity index (χ1) is 15.9. The Morgan fingerprint density at radius 1 is 1.06 bits per heavy atom. The first kappa shape index (κ1) is 23.3. The fourth-order valence-corrected chi connectivity index (χ4v) is 4.26. The number of anilines is 1. The highest BCUT2D eigenvalue weighted by Gasteiger charge is 2.22. The molecule has 0 amide bonds. The van der Waals surface area contributed by atoms with Crippen LogP contribution in [0.3, 0.4) is 0 Å². The predicted octanol–water partition coefficient (Wildman–Crippen LogP) is 4.57. The lowest BCUT2D eigenvalue weighted by Gasteiger charge is -2.37. The van der Waals surface area contributed by atoms with Crippen molar-refractivity contribution < 1.29 is 8.78 Å². The average Bonchev–Trinajstić information content (AvgIpc) is 2.77. The normalized spacial score (nSPS) is 18.9. The van der Waals surface area contributed by atoms with Crippen molar-refractivity contribution in [1.29, 1.82) is 0 Å². The molecule has 2 heterocycles. The number of benzene rings is 2. The molecule has 0 radical (unpaired) electrons. The number of aromatic nitrogens is 2. The van der Waals surface area contributed by atoms with Gasteiger partial charge in [-0.15, -0.1) is 0 Å². The molecular formula is C26H31F2N5. The van der Waals surface area contributed by atoms with E-state index in [1.807, 2.05) is 6.07 Å². The minimum absolute atomic E-state index is 0.470. The molecule has 1 aliphatic heterocycles. The largest absolute Gasteiger partial charge is 0.354 e. The molecule has 33 heavy (non-hydrogen) atoms. The summed E-state index contributed by atoms with van der Waals surface area (Å²) in [6.07, 6.45) is 2.21. The van der Waals surface area contributed by atoms with Gasteiger partial charge in [-0.3, -0.25) is 4.90 Å². The van der Waals surface area contributed by atoms with Gasteiger partial charge in [-0.2, -0.15) is 0 Å². The second-order valence-electron chi connectivity index (χ2n) is 8.96. The maximum absolute atomic E-state index is 13.4. The lowest BCUT2D eigenvalue weighted by atomic mass is 10.0. The summed E-state index contributed by atoms with van der Waals surface area (Å²) >= 11 is 0. The first-order valence-corrected chi connectivity index (χ1v) is 11.5. The molecule has 1 saturated heterocycles. The summed E-state index contributed by atoms with van der Waals surface area (Å²) in [5.74, 6) is -0.634. The Morgan fingerprint density at radius 2 is 1.85 bits per heavy atom. The molecule has 2 N–H and O–H groups in total. The number of nitrogens with one attached hydrogen (secondary N) is 2. The second kappa shape index (κ2) is 10.4. The second-order valence-corrected chi connectivity index (χ2v) is 8.96. The third-order valence-electron chi connectivity index (χ3n) is 6.13. The quantitative estimate of drug-likeness (QED) is 0.551. The molecule has 3 aromatic rings. The SMILES string of the molecule is Cc1ccc(CN2C[C@H](C)NC[C@@H]2C)cc1-c1ccnc(NCCc2cc(F)cc(F)c2)n1. The van der Waals surface area contributed by atoms with Crippen LogP contribution in [0.25, 0.3) is 11.3 Å². The molecule has 0 bridgehead atoms. The van der Waals surface area contributed by atoms with Gasteiger partial charge >= 0.3 is 0 Å². The van der Waals surface area contributed by atoms with E-state index in [1.54, 1.807) is 6.20 Å². The van der Waals surface area contributed by atoms with Crippen molar-refractivity contribution in [3.05, 3.63) is 77.0 Å². The van der Waals surface area contributed by atoms with Gasteiger partial charge in [-0.25, -0.2) is 18.7 Å². The van der Waals surface area contributed by atoms with Crippen LogP contribution in [-0.2, 0) is 13.0 Å². The smallest absolute Gasteiger partial charge is 0.223 e. The minimum Gasteiger partial charge on any atom is -0.354 e. The number of nitrogens with zero attached hydrogens (tertiary/aromatic N) is 3. The third kappa shape index (κ3) is 6.12. The molecule has 174 valence electrons. The molecule has 4 rings (SSSR count). The summed E-state index contributed by atoms with van der Waals surface area (Å²) in [5.41, 5.74) is 4.95. The summed E-state index contributed by atoms with van der Waals surface area (Å²) in [7, 11) is 0. The van der Waals surface area contributed by atoms with E-state index in [2.05, 4.69) is 59.5 Å². The van der Waals surface area contributed by atoms with Crippen molar-refractivity contribution in [3.63, 3.8) is 0 Å². The van der Waals surface area contributed by atoms with Crippen molar-refractivity contribution >= 4 is 5.95 Å². The van der Waals surface area contributed by atoms with Crippen LogP contribution in [0.4, 0.5) is 14.7 Å². The number of hydrogen-bond donors (Lipinski definition) is 2. The fraction of sp³-hybridized carbons (Fsp3) is 0.385. The van der Waals surface area contributed by atoms with Gasteiger partial charge in [0.25, 0.3) is 0 Å². The monoisotopic (exact) mass is 451 g/mol. The summed E-state index contributed by atoms with van der Waals surface area (Å²) in [4.78, 5) is 11.5. The Kier molecular flexibility index (Phi) is 7.30. The Bertz CT molecular complexity index is 1080. The number of hydrogen-bond acceptors (Lipinski definition) is 5. The van der Waals surface area contributed by atoms with E-state index >= 15 is 0 Å². The van der Waals surface area contributed by atoms with Crippen molar-refractivity contribution in [2.24, 2.45) is 0 Å². The zero-order valence-corrected chi connectivity index (χ0v) is 19.4. The summed E-state index contributed by atoms with van der Waals surface area (Å²) in [5, 5.41) is 6.70. The number of halogens is 2. The minimum atomic E-state index is -0.566. The van der Waals surface area contributed by atoms with E-state index in [9.17, 15) is 8.78 Å². The van der Waals surface area contributed by atoms with Crippen LogP contribution in [-0.4, -0.2) is 46.6 Å². The van der Waals surface area contributed by atoms with Crippen LogP contribution in [0.5, 0.6) is 0 Å². The molecule has 2 atom stereocenters. The summed E-state index contributed by atoms with van der Waals surface area (Å²) < 4.78 is 26.8. The number of piperazine rings is 1. The van der Waals surface area contributed by atoms with E-state index in [4.69, 9.17) is 4.98 Å². The number of aryl methyl sites for hydroxylation is 1. The molecule has 0 spiro atoms. The van der Waals surface area contributed by atoms with Gasteiger partial charge in [0.15, 0.2) is 0 Å². The molecule has 0 saturated carbocycles. The topological polar surface area (TPSA) is 53.1 Å². The molecule has 7 heteroatoms. The van der Waals surface area contributed by atoms with Gasteiger partial charge in [0.2, 0.25) is 5.95 Å². The van der Waals surface area contributed by atoms with Crippen molar-refractivity contribution in [1.82, 2.24) is 20.2 Å². The summed E-state index contributed by atoms with van der Waals surface area (Å²) in [6.45, 7) is 9.98. The number of rotatable bonds is 7. The van der Waals surface area contributed by atoms with E-state index in [0.29, 0.717) is 36.6 Å². The lowest BCUT2D eigenvalue weighted by Crippen LogP contribution is -2.53. The fourth-order valence-electron chi connectivity index (χ4n) is 4.26. The highest BCUT2D eigenvalue weighted by Crippen LogP contribution is 2.25. The van der Waals surface area contributed by atoms with Gasteiger partial charge in [-0.1, -0.05) is 12.1 Å². The molecule has 1 aliphatic rings. The van der Waals surface area contributed by atoms with Crippen molar-refractivity contribution in [2.45, 2.75) is 45.8 Å². The predicted molar refractivity (Wildman–Crippen MR) is 128 cm³/mol. The zero-order chi connectivity index (χ0) is 23.4. The van der Waals surface area contributed by atoms with E-state index in [1.165, 1.54) is 17.7 Å². The maximum atomic E-state index is 13.4. The van der Waals surface area contributed by atoms with Gasteiger partial charge < -0.3 is 10.6 Å². The van der Waals surface area contributed by atoms with E-state index < -0.39 is 11.6 Å². The highest BCUT2D eigenvalue weighted by atomic mass is 19.1. The van der Waals surface area contributed by atoms with Crippen LogP contribution in [0.1, 0.15) is 30.5 Å². The van der Waals surface area contributed by atoms with Crippen LogP contribution < -0.4 is 10.6 Å². The van der Waals surface area contributed by atoms with Crippen LogP contribution in [0.15, 0.2) is 48.7 Å². The van der Waals surface area contributed by atoms with Gasteiger partial charge in [0.05, 0.1) is 5.69 Å².